The van der Waals surface area contributed by atoms with Crippen molar-refractivity contribution in [1.29, 1.82) is 0 Å². The van der Waals surface area contributed by atoms with E-state index in [4.69, 9.17) is 0 Å². The van der Waals surface area contributed by atoms with Gasteiger partial charge in [-0.3, -0.25) is 0 Å². The molecule has 0 aromatic heterocycles. The van der Waals surface area contributed by atoms with Crippen LogP contribution in [-0.4, -0.2) is 0 Å². The van der Waals surface area contributed by atoms with Gasteiger partial charge in [0.05, 0.1) is 0 Å². The van der Waals surface area contributed by atoms with Crippen LogP contribution in [0.4, 0.5) is 0 Å². The largest absolute Gasteiger partial charge is 0.0992 e. The molecular formula is C8H10. The molecule has 0 fully saturated rings. The minimum Gasteiger partial charge on any atom is -0.0992 e. The van der Waals surface area contributed by atoms with Crippen LogP contribution in [0.5, 0.6) is 0 Å². The van der Waals surface area contributed by atoms with Gasteiger partial charge in [-0.1, -0.05) is 36.5 Å². The van der Waals surface area contributed by atoms with Crippen molar-refractivity contribution < 1.29 is 0 Å². The third-order valence-corrected chi connectivity index (χ3v) is 1.20. The first-order chi connectivity index (χ1) is 3.89. The van der Waals surface area contributed by atoms with Gasteiger partial charge in [0.1, 0.15) is 0 Å². The van der Waals surface area contributed by atoms with Crippen LogP contribution in [0.25, 0.3) is 0 Å². The van der Waals surface area contributed by atoms with E-state index < -0.39 is 0 Å². The average molecular weight is 106 g/mol. The molecule has 0 amide bonds. The van der Waals surface area contributed by atoms with Gasteiger partial charge in [0.2, 0.25) is 0 Å². The number of hydrogen-bond donors (Lipinski definition) is 0. The molecule has 0 heterocycles. The van der Waals surface area contributed by atoms with E-state index in [9.17, 15) is 0 Å². The Morgan fingerprint density at radius 2 is 1.62 bits per heavy atom. The summed E-state index contributed by atoms with van der Waals surface area (Å²) in [6.45, 7) is 3.87. The van der Waals surface area contributed by atoms with Gasteiger partial charge in [-0.15, -0.1) is 0 Å². The molecule has 0 spiro atoms. The predicted octanol–water partition coefficient (Wildman–Crippen LogP) is 2.45. The molecule has 0 aromatic rings. The summed E-state index contributed by atoms with van der Waals surface area (Å²) in [4.78, 5) is 0. The lowest BCUT2D eigenvalue weighted by atomic mass is 10.2. The summed E-state index contributed by atoms with van der Waals surface area (Å²) < 4.78 is 0. The molecule has 0 unspecified atom stereocenters. The SMILES string of the molecule is C=C1CC=CC=CC1. The molecule has 0 aliphatic heterocycles. The summed E-state index contributed by atoms with van der Waals surface area (Å²) in [6.07, 6.45) is 10.5. The molecule has 1 rings (SSSR count). The summed E-state index contributed by atoms with van der Waals surface area (Å²) in [6, 6.07) is 0. The fourth-order valence-corrected chi connectivity index (χ4v) is 0.710. The van der Waals surface area contributed by atoms with Crippen molar-refractivity contribution in [2.24, 2.45) is 0 Å². The van der Waals surface area contributed by atoms with Crippen molar-refractivity contribution >= 4 is 0 Å². The second kappa shape index (κ2) is 2.51. The Bertz CT molecular complexity index is 122. The van der Waals surface area contributed by atoms with Crippen molar-refractivity contribution in [3.8, 4) is 0 Å². The molecule has 0 nitrogen and oxygen atoms in total. The second-order valence-corrected chi connectivity index (χ2v) is 2.01. The monoisotopic (exact) mass is 106 g/mol. The van der Waals surface area contributed by atoms with Crippen LogP contribution >= 0.6 is 0 Å². The normalized spacial score (nSPS) is 18.8. The summed E-state index contributed by atoms with van der Waals surface area (Å²) in [5, 5.41) is 0. The van der Waals surface area contributed by atoms with Gasteiger partial charge in [0.25, 0.3) is 0 Å². The minimum absolute atomic E-state index is 1.05. The highest BCUT2D eigenvalue weighted by Crippen LogP contribution is 2.08. The minimum atomic E-state index is 1.05. The lowest BCUT2D eigenvalue weighted by molar-refractivity contribution is 1.13. The molecule has 0 saturated heterocycles. The van der Waals surface area contributed by atoms with Gasteiger partial charge in [-0.2, -0.15) is 0 Å². The van der Waals surface area contributed by atoms with Gasteiger partial charge < -0.3 is 0 Å². The Morgan fingerprint density at radius 1 is 1.12 bits per heavy atom. The average Bonchev–Trinajstić information content (AvgIpc) is 1.94. The van der Waals surface area contributed by atoms with Crippen LogP contribution in [0.3, 0.4) is 0 Å². The topological polar surface area (TPSA) is 0 Å². The van der Waals surface area contributed by atoms with Crippen molar-refractivity contribution in [3.63, 3.8) is 0 Å². The van der Waals surface area contributed by atoms with E-state index in [1.807, 2.05) is 0 Å². The Labute approximate surface area is 50.2 Å². The quantitative estimate of drug-likeness (QED) is 0.416. The van der Waals surface area contributed by atoms with Crippen LogP contribution in [-0.2, 0) is 0 Å². The fraction of sp³-hybridized carbons (Fsp3) is 0.250. The lowest BCUT2D eigenvalue weighted by Gasteiger charge is -1.90. The molecule has 0 saturated carbocycles. The molecule has 0 N–H and O–H groups in total. The van der Waals surface area contributed by atoms with Crippen molar-refractivity contribution in [2.45, 2.75) is 12.8 Å². The Morgan fingerprint density at radius 3 is 2.12 bits per heavy atom. The van der Waals surface area contributed by atoms with Gasteiger partial charge in [0.15, 0.2) is 0 Å². The van der Waals surface area contributed by atoms with Gasteiger partial charge in [0, 0.05) is 0 Å². The van der Waals surface area contributed by atoms with E-state index in [0.717, 1.165) is 12.8 Å². The Kier molecular flexibility index (Phi) is 1.68. The third-order valence-electron chi connectivity index (χ3n) is 1.20. The molecule has 8 heavy (non-hydrogen) atoms. The van der Waals surface area contributed by atoms with Gasteiger partial charge in [-0.05, 0) is 12.8 Å². The van der Waals surface area contributed by atoms with E-state index in [-0.39, 0.29) is 0 Å². The molecule has 0 radical (unpaired) electrons. The second-order valence-electron chi connectivity index (χ2n) is 2.01. The summed E-state index contributed by atoms with van der Waals surface area (Å²) in [7, 11) is 0. The van der Waals surface area contributed by atoms with E-state index in [0.29, 0.717) is 0 Å². The smallest absolute Gasteiger partial charge is 0.0135 e. The molecule has 1 aliphatic carbocycles. The summed E-state index contributed by atoms with van der Waals surface area (Å²) >= 11 is 0. The zero-order valence-corrected chi connectivity index (χ0v) is 4.93. The van der Waals surface area contributed by atoms with Crippen LogP contribution in [0, 0.1) is 0 Å². The van der Waals surface area contributed by atoms with Crippen LogP contribution in [0.1, 0.15) is 12.8 Å². The molecule has 42 valence electrons. The van der Waals surface area contributed by atoms with Gasteiger partial charge in [-0.25, -0.2) is 0 Å². The first-order valence-corrected chi connectivity index (χ1v) is 2.88. The van der Waals surface area contributed by atoms with E-state index in [1.165, 1.54) is 5.57 Å². The van der Waals surface area contributed by atoms with Crippen molar-refractivity contribution in [1.82, 2.24) is 0 Å². The summed E-state index contributed by atoms with van der Waals surface area (Å²) in [5.41, 5.74) is 1.30. The molecule has 0 aromatic carbocycles. The number of hydrogen-bond acceptors (Lipinski definition) is 0. The molecule has 0 atom stereocenters. The zero-order chi connectivity index (χ0) is 5.82. The van der Waals surface area contributed by atoms with Crippen molar-refractivity contribution in [2.75, 3.05) is 0 Å². The molecule has 0 heteroatoms. The molecule has 1 aliphatic rings. The number of allylic oxidation sites excluding steroid dienone is 5. The van der Waals surface area contributed by atoms with Crippen LogP contribution in [0.15, 0.2) is 36.5 Å². The third kappa shape index (κ3) is 1.38. The first kappa shape index (κ1) is 5.36. The Hall–Kier alpha value is -0.780. The van der Waals surface area contributed by atoms with Crippen LogP contribution < -0.4 is 0 Å². The van der Waals surface area contributed by atoms with E-state index in [2.05, 4.69) is 30.9 Å². The highest BCUT2D eigenvalue weighted by Gasteiger charge is 1.88. The van der Waals surface area contributed by atoms with E-state index >= 15 is 0 Å². The number of rotatable bonds is 0. The molecular weight excluding hydrogens is 96.1 g/mol. The first-order valence-electron chi connectivity index (χ1n) is 2.88. The highest BCUT2D eigenvalue weighted by molar-refractivity contribution is 5.16. The fourth-order valence-electron chi connectivity index (χ4n) is 0.710. The summed E-state index contributed by atoms with van der Waals surface area (Å²) in [5.74, 6) is 0. The predicted molar refractivity (Wildman–Crippen MR) is 36.7 cm³/mol. The lowest BCUT2D eigenvalue weighted by Crippen LogP contribution is -1.70. The maximum absolute atomic E-state index is 3.87. The highest BCUT2D eigenvalue weighted by atomic mass is 13.9. The maximum Gasteiger partial charge on any atom is -0.0135 e. The maximum atomic E-state index is 3.87. The van der Waals surface area contributed by atoms with E-state index in [1.54, 1.807) is 0 Å². The van der Waals surface area contributed by atoms with Gasteiger partial charge >= 0.3 is 0 Å². The zero-order valence-electron chi connectivity index (χ0n) is 4.93. The standard InChI is InChI=1S/C8H10/c1-8-6-4-2-3-5-7-8/h2-5H,1,6-7H2. The Balaban J connectivity index is 2.58. The van der Waals surface area contributed by atoms with Crippen molar-refractivity contribution in [3.05, 3.63) is 36.5 Å². The van der Waals surface area contributed by atoms with Crippen LogP contribution in [0.2, 0.25) is 0 Å². The molecule has 0 bridgehead atoms.